The molecule has 1 saturated heterocycles. The maximum atomic E-state index is 12.2. The minimum absolute atomic E-state index is 0.00717. The number of nitrogens with zero attached hydrogens (tertiary/aromatic N) is 1. The van der Waals surface area contributed by atoms with Crippen molar-refractivity contribution in [3.8, 4) is 0 Å². The second-order valence-electron chi connectivity index (χ2n) is 4.66. The molecule has 1 aromatic carbocycles. The third kappa shape index (κ3) is 4.24. The Hall–Kier alpha value is -1.01. The van der Waals surface area contributed by atoms with E-state index in [4.69, 9.17) is 27.9 Å². The van der Waals surface area contributed by atoms with Gasteiger partial charge in [-0.3, -0.25) is 0 Å². The maximum absolute atomic E-state index is 12.2. The van der Waals surface area contributed by atoms with Gasteiger partial charge in [0.2, 0.25) is 0 Å². The zero-order valence-corrected chi connectivity index (χ0v) is 12.3. The van der Waals surface area contributed by atoms with Gasteiger partial charge in [-0.15, -0.1) is 0 Å². The van der Waals surface area contributed by atoms with E-state index in [-0.39, 0.29) is 18.6 Å². The molecule has 2 amide bonds. The number of nitrogens with one attached hydrogen (secondary N) is 1. The second kappa shape index (κ2) is 7.13. The molecule has 1 aliphatic rings. The van der Waals surface area contributed by atoms with Crippen LogP contribution in [0.5, 0.6) is 0 Å². The van der Waals surface area contributed by atoms with E-state index >= 15 is 0 Å². The number of halogens is 2. The monoisotopic (exact) mass is 318 g/mol. The molecule has 1 fully saturated rings. The van der Waals surface area contributed by atoms with Crippen molar-refractivity contribution < 1.29 is 14.6 Å². The Bertz CT molecular complexity index is 464. The number of urea groups is 1. The Morgan fingerprint density at radius 3 is 2.75 bits per heavy atom. The van der Waals surface area contributed by atoms with Gasteiger partial charge in [0.15, 0.2) is 0 Å². The van der Waals surface area contributed by atoms with Gasteiger partial charge in [0, 0.05) is 41.3 Å². The molecule has 5 nitrogen and oxygen atoms in total. The summed E-state index contributed by atoms with van der Waals surface area (Å²) in [6.07, 6.45) is 0. The van der Waals surface area contributed by atoms with Gasteiger partial charge >= 0.3 is 6.03 Å². The zero-order chi connectivity index (χ0) is 14.5. The van der Waals surface area contributed by atoms with Crippen LogP contribution in [0.15, 0.2) is 18.2 Å². The van der Waals surface area contributed by atoms with Gasteiger partial charge in [-0.1, -0.05) is 23.2 Å². The first-order chi connectivity index (χ1) is 9.58. The van der Waals surface area contributed by atoms with E-state index in [2.05, 4.69) is 5.32 Å². The van der Waals surface area contributed by atoms with Crippen LogP contribution in [-0.4, -0.2) is 48.9 Å². The van der Waals surface area contributed by atoms with Crippen molar-refractivity contribution in [2.24, 2.45) is 5.92 Å². The molecule has 1 atom stereocenters. The van der Waals surface area contributed by atoms with Crippen LogP contribution < -0.4 is 5.32 Å². The number of amides is 2. The predicted molar refractivity (Wildman–Crippen MR) is 78.4 cm³/mol. The van der Waals surface area contributed by atoms with E-state index in [9.17, 15) is 9.90 Å². The number of hydrogen-bond acceptors (Lipinski definition) is 3. The number of aliphatic hydroxyl groups is 1. The number of carbonyl (C=O) groups is 1. The molecule has 0 aliphatic carbocycles. The summed E-state index contributed by atoms with van der Waals surface area (Å²) in [5.41, 5.74) is 0.540. The van der Waals surface area contributed by atoms with Gasteiger partial charge in [-0.05, 0) is 18.2 Å². The maximum Gasteiger partial charge on any atom is 0.321 e. The normalized spacial score (nSPS) is 19.6. The average molecular weight is 319 g/mol. The molecule has 7 heteroatoms. The molecule has 1 aliphatic heterocycles. The molecule has 0 saturated carbocycles. The Kier molecular flexibility index (Phi) is 5.48. The Morgan fingerprint density at radius 2 is 2.10 bits per heavy atom. The molecular formula is C13H16Cl2N2O3. The number of aliphatic hydroxyl groups excluding tert-OH is 1. The lowest BCUT2D eigenvalue weighted by molar-refractivity contribution is 0.0958. The second-order valence-corrected chi connectivity index (χ2v) is 5.53. The summed E-state index contributed by atoms with van der Waals surface area (Å²) in [4.78, 5) is 13.8. The molecule has 0 bridgehead atoms. The molecule has 0 unspecified atom stereocenters. The lowest BCUT2D eigenvalue weighted by Gasteiger charge is -2.23. The highest BCUT2D eigenvalue weighted by Crippen LogP contribution is 2.22. The number of ether oxygens (including phenoxy) is 1. The summed E-state index contributed by atoms with van der Waals surface area (Å²) in [5, 5.41) is 12.9. The fourth-order valence-corrected chi connectivity index (χ4v) is 2.53. The van der Waals surface area contributed by atoms with Gasteiger partial charge in [0.05, 0.1) is 13.2 Å². The van der Waals surface area contributed by atoms with Gasteiger partial charge in [-0.25, -0.2) is 4.79 Å². The predicted octanol–water partition coefficient (Wildman–Crippen LogP) is 2.47. The van der Waals surface area contributed by atoms with E-state index in [1.54, 1.807) is 23.1 Å². The highest BCUT2D eigenvalue weighted by atomic mass is 35.5. The number of carbonyl (C=O) groups excluding carboxylic acids is 1. The smallest absolute Gasteiger partial charge is 0.321 e. The van der Waals surface area contributed by atoms with Crippen LogP contribution in [0.3, 0.4) is 0 Å². The van der Waals surface area contributed by atoms with Crippen LogP contribution >= 0.6 is 23.2 Å². The van der Waals surface area contributed by atoms with Crippen LogP contribution in [0.1, 0.15) is 0 Å². The van der Waals surface area contributed by atoms with E-state index in [0.29, 0.717) is 42.0 Å². The third-order valence-corrected chi connectivity index (χ3v) is 3.43. The SMILES string of the molecule is O=C(Nc1cc(Cl)cc(Cl)c1)N1CCOC[C@@H](CO)C1. The summed E-state index contributed by atoms with van der Waals surface area (Å²) in [6.45, 7) is 1.85. The standard InChI is InChI=1S/C13H16Cl2N2O3/c14-10-3-11(15)5-12(4-10)16-13(19)17-1-2-20-8-9(6-17)7-18/h3-5,9,18H,1-2,6-8H2,(H,16,19)/t9-/m1/s1. The molecular weight excluding hydrogens is 303 g/mol. The van der Waals surface area contributed by atoms with Crippen molar-refractivity contribution >= 4 is 34.9 Å². The zero-order valence-electron chi connectivity index (χ0n) is 10.8. The van der Waals surface area contributed by atoms with Gasteiger partial charge in [0.1, 0.15) is 0 Å². The summed E-state index contributed by atoms with van der Waals surface area (Å²) in [7, 11) is 0. The molecule has 1 heterocycles. The molecule has 110 valence electrons. The fourth-order valence-electron chi connectivity index (χ4n) is 2.00. The summed E-state index contributed by atoms with van der Waals surface area (Å²) >= 11 is 11.8. The van der Waals surface area contributed by atoms with E-state index in [1.165, 1.54) is 0 Å². The highest BCUT2D eigenvalue weighted by Gasteiger charge is 2.22. The third-order valence-electron chi connectivity index (χ3n) is 3.00. The fraction of sp³-hybridized carbons (Fsp3) is 0.462. The van der Waals surface area contributed by atoms with Crippen molar-refractivity contribution in [2.45, 2.75) is 0 Å². The quantitative estimate of drug-likeness (QED) is 0.880. The molecule has 2 rings (SSSR count). The van der Waals surface area contributed by atoms with E-state index < -0.39 is 0 Å². The minimum Gasteiger partial charge on any atom is -0.396 e. The summed E-state index contributed by atoms with van der Waals surface area (Å²) in [5.74, 6) is -0.0637. The van der Waals surface area contributed by atoms with Gasteiger partial charge < -0.3 is 20.1 Å². The summed E-state index contributed by atoms with van der Waals surface area (Å²) in [6, 6.07) is 4.60. The highest BCUT2D eigenvalue weighted by molar-refractivity contribution is 6.35. The Morgan fingerprint density at radius 1 is 1.40 bits per heavy atom. The van der Waals surface area contributed by atoms with Crippen LogP contribution in [0.4, 0.5) is 10.5 Å². The lowest BCUT2D eigenvalue weighted by atomic mass is 10.2. The Balaban J connectivity index is 2.02. The van der Waals surface area contributed by atoms with Crippen molar-refractivity contribution in [1.82, 2.24) is 4.90 Å². The average Bonchev–Trinajstić information content (AvgIpc) is 2.62. The number of benzene rings is 1. The van der Waals surface area contributed by atoms with Crippen LogP contribution in [0.2, 0.25) is 10.0 Å². The van der Waals surface area contributed by atoms with Crippen LogP contribution in [0, 0.1) is 5.92 Å². The van der Waals surface area contributed by atoms with Crippen LogP contribution in [0.25, 0.3) is 0 Å². The minimum atomic E-state index is -0.257. The van der Waals surface area contributed by atoms with Gasteiger partial charge in [-0.2, -0.15) is 0 Å². The van der Waals surface area contributed by atoms with Crippen molar-refractivity contribution in [2.75, 3.05) is 38.2 Å². The molecule has 2 N–H and O–H groups in total. The summed E-state index contributed by atoms with van der Waals surface area (Å²) < 4.78 is 5.34. The van der Waals surface area contributed by atoms with E-state index in [1.807, 2.05) is 0 Å². The molecule has 0 spiro atoms. The number of hydrogen-bond donors (Lipinski definition) is 2. The number of anilines is 1. The van der Waals surface area contributed by atoms with E-state index in [0.717, 1.165) is 0 Å². The first-order valence-electron chi connectivity index (χ1n) is 6.29. The van der Waals surface area contributed by atoms with Gasteiger partial charge in [0.25, 0.3) is 0 Å². The lowest BCUT2D eigenvalue weighted by Crippen LogP contribution is -2.39. The van der Waals surface area contributed by atoms with Crippen molar-refractivity contribution in [1.29, 1.82) is 0 Å². The number of rotatable bonds is 2. The first kappa shape index (κ1) is 15.4. The first-order valence-corrected chi connectivity index (χ1v) is 7.04. The topological polar surface area (TPSA) is 61.8 Å². The van der Waals surface area contributed by atoms with Crippen LogP contribution in [-0.2, 0) is 4.74 Å². The van der Waals surface area contributed by atoms with Crippen molar-refractivity contribution in [3.63, 3.8) is 0 Å². The largest absolute Gasteiger partial charge is 0.396 e. The molecule has 1 aromatic rings. The van der Waals surface area contributed by atoms with Crippen molar-refractivity contribution in [3.05, 3.63) is 28.2 Å². The molecule has 0 radical (unpaired) electrons. The molecule has 0 aromatic heterocycles. The molecule has 20 heavy (non-hydrogen) atoms. The Labute approximate surface area is 127 Å².